The van der Waals surface area contributed by atoms with Gasteiger partial charge in [-0.05, 0) is 6.07 Å². The van der Waals surface area contributed by atoms with Crippen LogP contribution in [0.25, 0.3) is 0 Å². The lowest BCUT2D eigenvalue weighted by atomic mass is 10.6. The molecule has 10 heavy (non-hydrogen) atoms. The lowest BCUT2D eigenvalue weighted by Gasteiger charge is -2.05. The summed E-state index contributed by atoms with van der Waals surface area (Å²) in [6, 6.07) is 3.21. The Morgan fingerprint density at radius 1 is 1.60 bits per heavy atom. The van der Waals surface area contributed by atoms with Crippen molar-refractivity contribution < 1.29 is 8.98 Å². The second kappa shape index (κ2) is 2.46. The molecule has 1 heterocycles. The highest BCUT2D eigenvalue weighted by molar-refractivity contribution is 7.60. The molecule has 0 radical (unpaired) electrons. The molecule has 56 valence electrons. The van der Waals surface area contributed by atoms with E-state index in [9.17, 15) is 4.57 Å². The van der Waals surface area contributed by atoms with Gasteiger partial charge >= 0.3 is 0 Å². The predicted octanol–water partition coefficient (Wildman–Crippen LogP) is 0.717. The SMILES string of the molecule is NP(N)(=O)Nc1ccco1. The lowest BCUT2D eigenvalue weighted by Crippen LogP contribution is -2.12. The van der Waals surface area contributed by atoms with Crippen molar-refractivity contribution in [2.24, 2.45) is 11.0 Å². The van der Waals surface area contributed by atoms with Crippen molar-refractivity contribution in [2.75, 3.05) is 5.09 Å². The van der Waals surface area contributed by atoms with Gasteiger partial charge in [-0.25, -0.2) is 0 Å². The molecule has 0 fully saturated rings. The Morgan fingerprint density at radius 3 is 2.70 bits per heavy atom. The van der Waals surface area contributed by atoms with Crippen LogP contribution in [0.4, 0.5) is 5.88 Å². The standard InChI is InChI=1S/C4H8N3O2P/c5-10(6,8)7-4-2-1-3-9-4/h1-3H,(H5,5,6,7,8). The zero-order valence-corrected chi connectivity index (χ0v) is 6.04. The third-order valence-electron chi connectivity index (χ3n) is 0.806. The molecule has 1 aromatic heterocycles. The van der Waals surface area contributed by atoms with Crippen LogP contribution in [0, 0.1) is 0 Å². The molecule has 0 aromatic carbocycles. The first kappa shape index (κ1) is 7.34. The van der Waals surface area contributed by atoms with E-state index in [1.807, 2.05) is 0 Å². The van der Waals surface area contributed by atoms with Gasteiger partial charge in [-0.15, -0.1) is 0 Å². The van der Waals surface area contributed by atoms with Gasteiger partial charge < -0.3 is 4.42 Å². The minimum absolute atomic E-state index is 0.313. The molecule has 0 atom stereocenters. The largest absolute Gasteiger partial charge is 0.449 e. The first-order valence-electron chi connectivity index (χ1n) is 2.57. The molecule has 6 heteroatoms. The average molecular weight is 161 g/mol. The molecule has 0 aliphatic carbocycles. The lowest BCUT2D eigenvalue weighted by molar-refractivity contribution is 0.569. The zero-order valence-electron chi connectivity index (χ0n) is 5.15. The third-order valence-corrected chi connectivity index (χ3v) is 1.38. The Balaban J connectivity index is 2.66. The number of nitrogens with two attached hydrogens (primary N) is 2. The van der Waals surface area contributed by atoms with Crippen LogP contribution in [-0.2, 0) is 4.57 Å². The van der Waals surface area contributed by atoms with Crippen molar-refractivity contribution in [1.29, 1.82) is 0 Å². The number of furan rings is 1. The summed E-state index contributed by atoms with van der Waals surface area (Å²) in [6.45, 7) is 0. The molecular formula is C4H8N3O2P. The van der Waals surface area contributed by atoms with Gasteiger partial charge in [-0.3, -0.25) is 20.7 Å². The Labute approximate surface area is 57.9 Å². The van der Waals surface area contributed by atoms with Gasteiger partial charge in [0.15, 0.2) is 5.88 Å². The Kier molecular flexibility index (Phi) is 1.80. The molecular weight excluding hydrogens is 153 g/mol. The summed E-state index contributed by atoms with van der Waals surface area (Å²) in [4.78, 5) is 0. The molecule has 0 aliphatic heterocycles. The van der Waals surface area contributed by atoms with Crippen molar-refractivity contribution in [1.82, 2.24) is 0 Å². The second-order valence-electron chi connectivity index (χ2n) is 1.80. The summed E-state index contributed by atoms with van der Waals surface area (Å²) in [5.74, 6) is 0.313. The van der Waals surface area contributed by atoms with Gasteiger partial charge in [0.1, 0.15) is 0 Å². The van der Waals surface area contributed by atoms with Gasteiger partial charge in [-0.1, -0.05) is 0 Å². The monoisotopic (exact) mass is 161 g/mol. The molecule has 1 aromatic rings. The normalized spacial score (nSPS) is 11.4. The molecule has 5 nitrogen and oxygen atoms in total. The van der Waals surface area contributed by atoms with E-state index in [1.165, 1.54) is 6.26 Å². The summed E-state index contributed by atoms with van der Waals surface area (Å²) in [5, 5.41) is 2.31. The van der Waals surface area contributed by atoms with E-state index in [2.05, 4.69) is 5.09 Å². The molecule has 0 saturated carbocycles. The van der Waals surface area contributed by atoms with Crippen molar-refractivity contribution >= 4 is 13.5 Å². The van der Waals surface area contributed by atoms with Crippen LogP contribution in [-0.4, -0.2) is 0 Å². The van der Waals surface area contributed by atoms with E-state index in [4.69, 9.17) is 15.4 Å². The second-order valence-corrected chi connectivity index (χ2v) is 3.44. The van der Waals surface area contributed by atoms with Gasteiger partial charge in [0.05, 0.1) is 6.26 Å². The highest BCUT2D eigenvalue weighted by atomic mass is 31.2. The van der Waals surface area contributed by atoms with E-state index in [0.717, 1.165) is 0 Å². The summed E-state index contributed by atoms with van der Waals surface area (Å²) in [6.07, 6.45) is 1.43. The summed E-state index contributed by atoms with van der Waals surface area (Å²) in [5.41, 5.74) is 9.98. The van der Waals surface area contributed by atoms with Gasteiger partial charge in [0, 0.05) is 6.07 Å². The fraction of sp³-hybridized carbons (Fsp3) is 0. The quantitative estimate of drug-likeness (QED) is 0.555. The number of anilines is 1. The zero-order chi connectivity index (χ0) is 7.61. The maximum absolute atomic E-state index is 10.7. The van der Waals surface area contributed by atoms with Crippen LogP contribution in [0.1, 0.15) is 0 Å². The predicted molar refractivity (Wildman–Crippen MR) is 38.3 cm³/mol. The minimum atomic E-state index is -3.20. The molecule has 0 unspecified atom stereocenters. The van der Waals surface area contributed by atoms with E-state index in [-0.39, 0.29) is 0 Å². The fourth-order valence-electron chi connectivity index (χ4n) is 0.514. The van der Waals surface area contributed by atoms with Gasteiger partial charge in [0.25, 0.3) is 7.59 Å². The first-order chi connectivity index (χ1) is 4.58. The average Bonchev–Trinajstić information content (AvgIpc) is 2.12. The molecule has 0 saturated heterocycles. The van der Waals surface area contributed by atoms with Crippen LogP contribution < -0.4 is 16.1 Å². The van der Waals surface area contributed by atoms with Crippen molar-refractivity contribution in [3.8, 4) is 0 Å². The van der Waals surface area contributed by atoms with Crippen molar-refractivity contribution in [3.63, 3.8) is 0 Å². The smallest absolute Gasteiger partial charge is 0.300 e. The Bertz CT molecular complexity index is 239. The van der Waals surface area contributed by atoms with E-state index < -0.39 is 7.59 Å². The number of hydrogen-bond acceptors (Lipinski definition) is 2. The summed E-state index contributed by atoms with van der Waals surface area (Å²) in [7, 11) is -3.20. The maximum Gasteiger partial charge on any atom is 0.300 e. The highest BCUT2D eigenvalue weighted by Crippen LogP contribution is 2.26. The topological polar surface area (TPSA) is 94.3 Å². The molecule has 0 bridgehead atoms. The van der Waals surface area contributed by atoms with Gasteiger partial charge in [-0.2, -0.15) is 0 Å². The van der Waals surface area contributed by atoms with Crippen LogP contribution >= 0.6 is 7.59 Å². The number of rotatable bonds is 2. The summed E-state index contributed by atoms with van der Waals surface area (Å²) >= 11 is 0. The Hall–Kier alpha value is -0.770. The number of hydrogen-bond donors (Lipinski definition) is 3. The van der Waals surface area contributed by atoms with Crippen LogP contribution in [0.3, 0.4) is 0 Å². The van der Waals surface area contributed by atoms with E-state index >= 15 is 0 Å². The van der Waals surface area contributed by atoms with E-state index in [0.29, 0.717) is 5.88 Å². The maximum atomic E-state index is 10.7. The first-order valence-corrected chi connectivity index (χ1v) is 4.41. The molecule has 0 spiro atoms. The summed E-state index contributed by atoms with van der Waals surface area (Å²) < 4.78 is 15.4. The number of nitrogens with one attached hydrogen (secondary N) is 1. The highest BCUT2D eigenvalue weighted by Gasteiger charge is 2.07. The van der Waals surface area contributed by atoms with Crippen molar-refractivity contribution in [2.45, 2.75) is 0 Å². The third kappa shape index (κ3) is 2.23. The van der Waals surface area contributed by atoms with Crippen LogP contribution in [0.5, 0.6) is 0 Å². The van der Waals surface area contributed by atoms with Crippen LogP contribution in [0.2, 0.25) is 0 Å². The molecule has 0 amide bonds. The molecule has 1 rings (SSSR count). The van der Waals surface area contributed by atoms with Crippen molar-refractivity contribution in [3.05, 3.63) is 18.4 Å². The van der Waals surface area contributed by atoms with Crippen LogP contribution in [0.15, 0.2) is 22.8 Å². The molecule has 0 aliphatic rings. The van der Waals surface area contributed by atoms with E-state index in [1.54, 1.807) is 12.1 Å². The molecule has 5 N–H and O–H groups in total. The fourth-order valence-corrected chi connectivity index (χ4v) is 0.986. The minimum Gasteiger partial charge on any atom is -0.449 e. The Morgan fingerprint density at radius 2 is 2.30 bits per heavy atom. The van der Waals surface area contributed by atoms with Gasteiger partial charge in [0.2, 0.25) is 0 Å².